The zero-order valence-corrected chi connectivity index (χ0v) is 21.8. The van der Waals surface area contributed by atoms with E-state index in [1.54, 1.807) is 5.56 Å². The Labute approximate surface area is 221 Å². The van der Waals surface area contributed by atoms with Crippen LogP contribution in [0.3, 0.4) is 0 Å². The monoisotopic (exact) mass is 488 g/mol. The van der Waals surface area contributed by atoms with E-state index in [1.165, 1.54) is 48.6 Å². The number of hydrazine groups is 1. The summed E-state index contributed by atoms with van der Waals surface area (Å²) in [4.78, 5) is 2.25. The lowest BCUT2D eigenvalue weighted by atomic mass is 9.88. The molecule has 188 valence electrons. The van der Waals surface area contributed by atoms with Crippen LogP contribution in [0.25, 0.3) is 0 Å². The molecule has 4 nitrogen and oxygen atoms in total. The van der Waals surface area contributed by atoms with Crippen LogP contribution in [0.15, 0.2) is 97.1 Å². The lowest BCUT2D eigenvalue weighted by molar-refractivity contribution is 0.172. The third kappa shape index (κ3) is 5.66. The first-order chi connectivity index (χ1) is 18.1. The summed E-state index contributed by atoms with van der Waals surface area (Å²) in [5.41, 5.74) is 13.6. The molecule has 1 atom stereocenters. The maximum absolute atomic E-state index is 7.52. The average Bonchev–Trinajstić information content (AvgIpc) is 2.97. The van der Waals surface area contributed by atoms with Crippen LogP contribution in [-0.2, 0) is 19.4 Å². The van der Waals surface area contributed by atoms with Gasteiger partial charge in [0.1, 0.15) is 0 Å². The second kappa shape index (κ2) is 11.5. The number of hydrogen-bond acceptors (Lipinski definition) is 4. The molecule has 1 unspecified atom stereocenters. The SMILES string of the molecule is CC(c1ccc(N(c2ccccc2)c2ccc(C=N)cc2)cc1)N(C)NCc1cccc2c1CCCC2. The molecule has 0 aromatic heterocycles. The quantitative estimate of drug-likeness (QED) is 0.187. The van der Waals surface area contributed by atoms with Crippen LogP contribution in [-0.4, -0.2) is 18.3 Å². The predicted octanol–water partition coefficient (Wildman–Crippen LogP) is 7.73. The van der Waals surface area contributed by atoms with Gasteiger partial charge in [-0.25, -0.2) is 5.01 Å². The second-order valence-corrected chi connectivity index (χ2v) is 9.88. The lowest BCUT2D eigenvalue weighted by Crippen LogP contribution is -2.36. The molecule has 0 saturated heterocycles. The fourth-order valence-electron chi connectivity index (χ4n) is 5.24. The van der Waals surface area contributed by atoms with Crippen molar-refractivity contribution in [1.29, 1.82) is 5.41 Å². The highest BCUT2D eigenvalue weighted by Crippen LogP contribution is 2.35. The Balaban J connectivity index is 1.32. The molecular weight excluding hydrogens is 452 g/mol. The van der Waals surface area contributed by atoms with Crippen molar-refractivity contribution in [3.8, 4) is 0 Å². The Morgan fingerprint density at radius 3 is 2.14 bits per heavy atom. The Morgan fingerprint density at radius 2 is 1.43 bits per heavy atom. The van der Waals surface area contributed by atoms with E-state index in [4.69, 9.17) is 5.41 Å². The molecule has 0 fully saturated rings. The van der Waals surface area contributed by atoms with Gasteiger partial charge in [0.05, 0.1) is 0 Å². The summed E-state index contributed by atoms with van der Waals surface area (Å²) >= 11 is 0. The first-order valence-corrected chi connectivity index (χ1v) is 13.3. The summed E-state index contributed by atoms with van der Waals surface area (Å²) in [6.45, 7) is 3.10. The number of hydrogen-bond donors (Lipinski definition) is 2. The summed E-state index contributed by atoms with van der Waals surface area (Å²) < 4.78 is 0. The first-order valence-electron chi connectivity index (χ1n) is 13.3. The molecule has 0 aliphatic heterocycles. The van der Waals surface area contributed by atoms with E-state index in [-0.39, 0.29) is 6.04 Å². The van der Waals surface area contributed by atoms with Crippen molar-refractivity contribution in [3.05, 3.63) is 125 Å². The summed E-state index contributed by atoms with van der Waals surface area (Å²) in [6.07, 6.45) is 6.41. The molecule has 0 spiro atoms. The van der Waals surface area contributed by atoms with Crippen LogP contribution < -0.4 is 10.3 Å². The van der Waals surface area contributed by atoms with Gasteiger partial charge < -0.3 is 10.3 Å². The van der Waals surface area contributed by atoms with Gasteiger partial charge in [-0.1, -0.05) is 60.7 Å². The minimum absolute atomic E-state index is 0.227. The van der Waals surface area contributed by atoms with E-state index in [9.17, 15) is 0 Å². The summed E-state index contributed by atoms with van der Waals surface area (Å²) in [7, 11) is 2.13. The van der Waals surface area contributed by atoms with Gasteiger partial charge in [-0.05, 0) is 96.8 Å². The molecule has 5 rings (SSSR count). The van der Waals surface area contributed by atoms with E-state index >= 15 is 0 Å². The van der Waals surface area contributed by atoms with Crippen LogP contribution in [0.2, 0.25) is 0 Å². The number of anilines is 3. The summed E-state index contributed by atoms with van der Waals surface area (Å²) in [5.74, 6) is 0. The molecule has 4 aromatic rings. The molecule has 2 N–H and O–H groups in total. The van der Waals surface area contributed by atoms with E-state index in [0.717, 1.165) is 29.2 Å². The molecule has 0 saturated carbocycles. The van der Waals surface area contributed by atoms with Gasteiger partial charge in [0, 0.05) is 42.9 Å². The topological polar surface area (TPSA) is 42.4 Å². The zero-order chi connectivity index (χ0) is 25.6. The molecule has 4 aromatic carbocycles. The molecule has 0 bridgehead atoms. The Bertz CT molecular complexity index is 1310. The zero-order valence-electron chi connectivity index (χ0n) is 21.8. The normalized spacial score (nSPS) is 13.7. The van der Waals surface area contributed by atoms with Gasteiger partial charge in [-0.2, -0.15) is 0 Å². The third-order valence-corrected chi connectivity index (χ3v) is 7.56. The molecule has 4 heteroatoms. The summed E-state index contributed by atoms with van der Waals surface area (Å²) in [5, 5.41) is 9.74. The van der Waals surface area contributed by atoms with Crippen molar-refractivity contribution in [1.82, 2.24) is 10.4 Å². The highest BCUT2D eigenvalue weighted by molar-refractivity contribution is 5.81. The Kier molecular flexibility index (Phi) is 7.79. The second-order valence-electron chi connectivity index (χ2n) is 9.88. The standard InChI is InChI=1S/C33H36N4/c1-25(36(2)35-24-29-11-8-10-28-9-6-7-14-33(28)29)27-17-21-32(22-18-27)37(30-12-4-3-5-13-30)31-19-15-26(23-34)16-20-31/h3-5,8,10-13,15-23,25,34-35H,6-7,9,14,24H2,1-2H3. The molecule has 37 heavy (non-hydrogen) atoms. The fourth-order valence-corrected chi connectivity index (χ4v) is 5.24. The molecular formula is C33H36N4. The molecule has 1 aliphatic rings. The minimum Gasteiger partial charge on any atom is -0.311 e. The highest BCUT2D eigenvalue weighted by Gasteiger charge is 2.17. The van der Waals surface area contributed by atoms with Crippen LogP contribution in [0.4, 0.5) is 17.1 Å². The molecule has 0 radical (unpaired) electrons. The highest BCUT2D eigenvalue weighted by atomic mass is 15.5. The van der Waals surface area contributed by atoms with Gasteiger partial charge in [0.15, 0.2) is 0 Å². The van der Waals surface area contributed by atoms with Crippen molar-refractivity contribution in [2.75, 3.05) is 11.9 Å². The number of fused-ring (bicyclic) bond motifs is 1. The van der Waals surface area contributed by atoms with E-state index in [0.29, 0.717) is 0 Å². The molecule has 1 aliphatic carbocycles. The average molecular weight is 489 g/mol. The Hall–Kier alpha value is -3.73. The van der Waals surface area contributed by atoms with Crippen molar-refractivity contribution < 1.29 is 0 Å². The van der Waals surface area contributed by atoms with E-state index < -0.39 is 0 Å². The number of para-hydroxylation sites is 1. The minimum atomic E-state index is 0.227. The van der Waals surface area contributed by atoms with Gasteiger partial charge in [0.25, 0.3) is 0 Å². The predicted molar refractivity (Wildman–Crippen MR) is 155 cm³/mol. The van der Waals surface area contributed by atoms with Crippen LogP contribution in [0.1, 0.15) is 53.6 Å². The molecule has 0 amide bonds. The number of rotatable bonds is 9. The maximum Gasteiger partial charge on any atom is 0.0462 e. The van der Waals surface area contributed by atoms with E-state index in [2.05, 4.69) is 108 Å². The maximum atomic E-state index is 7.52. The largest absolute Gasteiger partial charge is 0.311 e. The smallest absolute Gasteiger partial charge is 0.0462 e. The van der Waals surface area contributed by atoms with Gasteiger partial charge in [-0.3, -0.25) is 5.43 Å². The molecule has 0 heterocycles. The summed E-state index contributed by atoms with van der Waals surface area (Å²) in [6, 6.07) is 34.4. The number of benzene rings is 4. The van der Waals surface area contributed by atoms with Crippen molar-refractivity contribution in [2.24, 2.45) is 0 Å². The van der Waals surface area contributed by atoms with Crippen LogP contribution >= 0.6 is 0 Å². The van der Waals surface area contributed by atoms with E-state index in [1.807, 2.05) is 18.2 Å². The fraction of sp³-hybridized carbons (Fsp3) is 0.242. The van der Waals surface area contributed by atoms with Crippen molar-refractivity contribution in [2.45, 2.75) is 45.2 Å². The number of nitrogens with zero attached hydrogens (tertiary/aromatic N) is 2. The number of nitrogens with one attached hydrogen (secondary N) is 2. The number of aryl methyl sites for hydroxylation is 1. The van der Waals surface area contributed by atoms with Gasteiger partial charge >= 0.3 is 0 Å². The Morgan fingerprint density at radius 1 is 0.784 bits per heavy atom. The van der Waals surface area contributed by atoms with Crippen molar-refractivity contribution >= 4 is 23.3 Å². The van der Waals surface area contributed by atoms with Gasteiger partial charge in [0.2, 0.25) is 0 Å². The lowest BCUT2D eigenvalue weighted by Gasteiger charge is -2.29. The van der Waals surface area contributed by atoms with Crippen LogP contribution in [0.5, 0.6) is 0 Å². The first kappa shape index (κ1) is 24.9. The van der Waals surface area contributed by atoms with Gasteiger partial charge in [-0.15, -0.1) is 0 Å². The third-order valence-electron chi connectivity index (χ3n) is 7.56. The van der Waals surface area contributed by atoms with Crippen molar-refractivity contribution in [3.63, 3.8) is 0 Å². The van der Waals surface area contributed by atoms with Crippen LogP contribution in [0, 0.1) is 5.41 Å².